The lowest BCUT2D eigenvalue weighted by Gasteiger charge is -2.37. The minimum Gasteiger partial charge on any atom is -0.385 e. The molecule has 0 saturated heterocycles. The molecule has 0 fully saturated rings. The Labute approximate surface area is 187 Å². The van der Waals surface area contributed by atoms with Gasteiger partial charge in [0, 0.05) is 0 Å². The minimum absolute atomic E-state index is 0.397. The van der Waals surface area contributed by atoms with Gasteiger partial charge in [-0.15, -0.1) is 0 Å². The third kappa shape index (κ3) is 7.68. The zero-order valence-electron chi connectivity index (χ0n) is 21.5. The largest absolute Gasteiger partial charge is 0.385 e. The highest BCUT2D eigenvalue weighted by molar-refractivity contribution is 5.38. The van der Waals surface area contributed by atoms with Crippen LogP contribution in [0.25, 0.3) is 0 Å². The quantitative estimate of drug-likeness (QED) is 0.364. The van der Waals surface area contributed by atoms with Gasteiger partial charge in [-0.1, -0.05) is 87.4 Å². The van der Waals surface area contributed by atoms with Gasteiger partial charge in [0.15, 0.2) is 0 Å². The first kappa shape index (κ1) is 27.2. The van der Waals surface area contributed by atoms with Crippen LogP contribution in [0.15, 0.2) is 18.2 Å². The zero-order valence-corrected chi connectivity index (χ0v) is 21.5. The molecule has 0 aromatic heterocycles. The second-order valence-corrected chi connectivity index (χ2v) is 11.6. The van der Waals surface area contributed by atoms with Crippen molar-refractivity contribution in [2.75, 3.05) is 0 Å². The van der Waals surface area contributed by atoms with Crippen LogP contribution in [-0.4, -0.2) is 10.2 Å². The summed E-state index contributed by atoms with van der Waals surface area (Å²) in [5.41, 5.74) is 1.49. The van der Waals surface area contributed by atoms with Gasteiger partial charge in [-0.3, -0.25) is 0 Å². The molecule has 0 heterocycles. The smallest absolute Gasteiger partial charge is 0.0901 e. The lowest BCUT2D eigenvalue weighted by molar-refractivity contribution is -0.0106. The van der Waals surface area contributed by atoms with Crippen molar-refractivity contribution in [2.45, 2.75) is 118 Å². The molecular weight excluding hydrogens is 368 g/mol. The van der Waals surface area contributed by atoms with Gasteiger partial charge in [0.25, 0.3) is 0 Å². The molecule has 0 amide bonds. The van der Waals surface area contributed by atoms with Crippen molar-refractivity contribution in [2.24, 2.45) is 23.7 Å². The van der Waals surface area contributed by atoms with Crippen LogP contribution in [0.3, 0.4) is 0 Å². The highest BCUT2D eigenvalue weighted by atomic mass is 16.3. The number of benzene rings is 1. The van der Waals surface area contributed by atoms with E-state index in [-0.39, 0.29) is 0 Å². The summed E-state index contributed by atoms with van der Waals surface area (Å²) in [7, 11) is 0. The van der Waals surface area contributed by atoms with Crippen LogP contribution < -0.4 is 0 Å². The Kier molecular flexibility index (Phi) is 10.1. The van der Waals surface area contributed by atoms with Gasteiger partial charge in [0.05, 0.1) is 11.2 Å². The molecule has 0 radical (unpaired) electrons. The van der Waals surface area contributed by atoms with Gasteiger partial charge < -0.3 is 10.2 Å². The molecule has 0 spiro atoms. The maximum atomic E-state index is 11.9. The molecule has 1 rings (SSSR count). The number of hydrogen-bond acceptors (Lipinski definition) is 2. The van der Waals surface area contributed by atoms with Crippen molar-refractivity contribution in [3.8, 4) is 0 Å². The highest BCUT2D eigenvalue weighted by Gasteiger charge is 2.36. The summed E-state index contributed by atoms with van der Waals surface area (Å²) in [6.07, 6.45) is 3.99. The Morgan fingerprint density at radius 1 is 0.600 bits per heavy atom. The van der Waals surface area contributed by atoms with Gasteiger partial charge in [-0.05, 0) is 78.4 Å². The fraction of sp³-hybridized carbons (Fsp3) is 0.786. The fourth-order valence-electron chi connectivity index (χ4n) is 5.05. The van der Waals surface area contributed by atoms with Crippen molar-refractivity contribution >= 4 is 0 Å². The Balaban J connectivity index is 3.71. The second-order valence-electron chi connectivity index (χ2n) is 11.6. The lowest BCUT2D eigenvalue weighted by atomic mass is 9.74. The molecule has 0 aliphatic rings. The summed E-state index contributed by atoms with van der Waals surface area (Å²) < 4.78 is 0. The molecule has 2 heteroatoms. The van der Waals surface area contributed by atoms with Crippen LogP contribution in [0.5, 0.6) is 0 Å². The van der Waals surface area contributed by atoms with Crippen LogP contribution in [0.2, 0.25) is 0 Å². The molecular formula is C28H50O2. The summed E-state index contributed by atoms with van der Waals surface area (Å²) in [4.78, 5) is 0. The van der Waals surface area contributed by atoms with Gasteiger partial charge in [-0.2, -0.15) is 0 Å². The highest BCUT2D eigenvalue weighted by Crippen LogP contribution is 2.41. The van der Waals surface area contributed by atoms with Gasteiger partial charge in [0.1, 0.15) is 0 Å². The maximum Gasteiger partial charge on any atom is 0.0901 e. The molecule has 30 heavy (non-hydrogen) atoms. The first-order chi connectivity index (χ1) is 13.7. The minimum atomic E-state index is -0.864. The van der Waals surface area contributed by atoms with Gasteiger partial charge >= 0.3 is 0 Å². The zero-order chi connectivity index (χ0) is 23.3. The Hall–Kier alpha value is -0.860. The number of rotatable bonds is 12. The van der Waals surface area contributed by atoms with Crippen molar-refractivity contribution in [3.63, 3.8) is 0 Å². The number of aliphatic hydroxyl groups is 2. The normalized spacial score (nSPS) is 14.4. The van der Waals surface area contributed by atoms with E-state index >= 15 is 0 Å². The Morgan fingerprint density at radius 3 is 1.13 bits per heavy atom. The van der Waals surface area contributed by atoms with Gasteiger partial charge in [0.2, 0.25) is 0 Å². The predicted molar refractivity (Wildman–Crippen MR) is 131 cm³/mol. The van der Waals surface area contributed by atoms with Gasteiger partial charge in [-0.25, -0.2) is 0 Å². The SMILES string of the molecule is CCC(C)c1cc(C(O)(CC(C)C)CC(C)C)cc(C(O)(CC(C)C)CC(C)C)c1. The lowest BCUT2D eigenvalue weighted by Crippen LogP contribution is -2.33. The molecule has 1 aromatic rings. The third-order valence-corrected chi connectivity index (χ3v) is 6.20. The molecule has 174 valence electrons. The van der Waals surface area contributed by atoms with E-state index in [0.717, 1.165) is 43.2 Å². The van der Waals surface area contributed by atoms with Crippen LogP contribution in [0, 0.1) is 23.7 Å². The summed E-state index contributed by atoms with van der Waals surface area (Å²) in [6, 6.07) is 6.56. The van der Waals surface area contributed by atoms with Crippen molar-refractivity contribution in [3.05, 3.63) is 34.9 Å². The molecule has 1 aromatic carbocycles. The summed E-state index contributed by atoms with van der Waals surface area (Å²) in [6.45, 7) is 21.9. The molecule has 1 atom stereocenters. The molecule has 0 bridgehead atoms. The van der Waals surface area contributed by atoms with E-state index in [1.165, 1.54) is 5.56 Å². The predicted octanol–water partition coefficient (Wildman–Crippen LogP) is 7.76. The first-order valence-electron chi connectivity index (χ1n) is 12.3. The Bertz CT molecular complexity index is 574. The summed E-state index contributed by atoms with van der Waals surface area (Å²) in [5, 5.41) is 23.7. The van der Waals surface area contributed by atoms with Crippen molar-refractivity contribution < 1.29 is 10.2 Å². The third-order valence-electron chi connectivity index (χ3n) is 6.20. The number of hydrogen-bond donors (Lipinski definition) is 2. The summed E-state index contributed by atoms with van der Waals surface area (Å²) >= 11 is 0. The van der Waals surface area contributed by atoms with Crippen LogP contribution in [0.1, 0.15) is 124 Å². The molecule has 2 nitrogen and oxygen atoms in total. The maximum absolute atomic E-state index is 11.9. The monoisotopic (exact) mass is 418 g/mol. The van der Waals surface area contributed by atoms with E-state index in [4.69, 9.17) is 0 Å². The molecule has 0 saturated carbocycles. The van der Waals surface area contributed by atoms with E-state index in [0.29, 0.717) is 29.6 Å². The standard InChI is InChI=1S/C28H50O2/c1-11-23(10)24-12-25(27(29,15-19(2)3)16-20(4)5)14-26(13-24)28(30,17-21(6)7)18-22(8)9/h12-14,19-23,29-30H,11,15-18H2,1-10H3. The van der Waals surface area contributed by atoms with Crippen LogP contribution in [0.4, 0.5) is 0 Å². The van der Waals surface area contributed by atoms with Crippen LogP contribution >= 0.6 is 0 Å². The molecule has 1 unspecified atom stereocenters. The van der Waals surface area contributed by atoms with Crippen molar-refractivity contribution in [1.82, 2.24) is 0 Å². The van der Waals surface area contributed by atoms with E-state index in [1.54, 1.807) is 0 Å². The average Bonchev–Trinajstić information content (AvgIpc) is 2.57. The van der Waals surface area contributed by atoms with E-state index < -0.39 is 11.2 Å². The Morgan fingerprint density at radius 2 is 0.900 bits per heavy atom. The molecule has 0 aliphatic carbocycles. The average molecular weight is 419 g/mol. The summed E-state index contributed by atoms with van der Waals surface area (Å²) in [5.74, 6) is 1.99. The van der Waals surface area contributed by atoms with E-state index in [9.17, 15) is 10.2 Å². The van der Waals surface area contributed by atoms with E-state index in [1.807, 2.05) is 0 Å². The topological polar surface area (TPSA) is 40.5 Å². The van der Waals surface area contributed by atoms with E-state index in [2.05, 4.69) is 87.4 Å². The molecule has 2 N–H and O–H groups in total. The molecule has 0 aliphatic heterocycles. The van der Waals surface area contributed by atoms with Crippen LogP contribution in [-0.2, 0) is 11.2 Å². The first-order valence-corrected chi connectivity index (χ1v) is 12.3. The fourth-order valence-corrected chi connectivity index (χ4v) is 5.05. The second kappa shape index (κ2) is 11.1. The van der Waals surface area contributed by atoms with Crippen molar-refractivity contribution in [1.29, 1.82) is 0 Å².